The fourth-order valence-corrected chi connectivity index (χ4v) is 4.47. The number of hydrogen-bond acceptors (Lipinski definition) is 9. The molecule has 1 N–H and O–H groups in total. The van der Waals surface area contributed by atoms with Gasteiger partial charge in [0.25, 0.3) is 0 Å². The highest BCUT2D eigenvalue weighted by Gasteiger charge is 2.48. The summed E-state index contributed by atoms with van der Waals surface area (Å²) >= 11 is 1.53. The number of nitrogens with one attached hydrogen (secondary N) is 1. The van der Waals surface area contributed by atoms with Crippen LogP contribution in [0.25, 0.3) is 0 Å². The Balaban J connectivity index is 2.31. The molecule has 1 heterocycles. The van der Waals surface area contributed by atoms with Crippen molar-refractivity contribution in [3.63, 3.8) is 0 Å². The molecule has 0 saturated heterocycles. The first-order chi connectivity index (χ1) is 18.0. The van der Waals surface area contributed by atoms with Crippen molar-refractivity contribution in [2.75, 3.05) is 13.2 Å². The number of alkyl halides is 3. The third-order valence-electron chi connectivity index (χ3n) is 5.06. The molecule has 39 heavy (non-hydrogen) atoms. The lowest BCUT2D eigenvalue weighted by Gasteiger charge is -2.21. The van der Waals surface area contributed by atoms with Crippen LogP contribution in [0.3, 0.4) is 0 Å². The maximum absolute atomic E-state index is 12.9. The maximum Gasteiger partial charge on any atom is 0.534 e. The van der Waals surface area contributed by atoms with Crippen LogP contribution in [0.2, 0.25) is 0 Å². The van der Waals surface area contributed by atoms with Crippen molar-refractivity contribution in [1.29, 1.82) is 0 Å². The van der Waals surface area contributed by atoms with E-state index in [-0.39, 0.29) is 31.1 Å². The predicted molar refractivity (Wildman–Crippen MR) is 138 cm³/mol. The molecule has 218 valence electrons. The van der Waals surface area contributed by atoms with Crippen LogP contribution in [0.1, 0.15) is 57.2 Å². The molecule has 2 rings (SSSR count). The Morgan fingerprint density at radius 3 is 2.38 bits per heavy atom. The maximum atomic E-state index is 12.9. The summed E-state index contributed by atoms with van der Waals surface area (Å²) in [7, 11) is -5.98. The zero-order valence-electron chi connectivity index (χ0n) is 22.2. The lowest BCUT2D eigenvalue weighted by atomic mass is 10.0. The van der Waals surface area contributed by atoms with Crippen molar-refractivity contribution >= 4 is 33.5 Å². The zero-order valence-corrected chi connectivity index (χ0v) is 23.8. The molecule has 0 spiro atoms. The second kappa shape index (κ2) is 13.5. The van der Waals surface area contributed by atoms with E-state index >= 15 is 0 Å². The third-order valence-corrected chi connectivity index (χ3v) is 6.73. The van der Waals surface area contributed by atoms with Gasteiger partial charge in [-0.15, -0.1) is 0 Å². The monoisotopic (exact) mass is 595 g/mol. The first kappa shape index (κ1) is 32.4. The number of ether oxygens (including phenoxy) is 3. The quantitative estimate of drug-likeness (QED) is 0.200. The van der Waals surface area contributed by atoms with E-state index in [4.69, 9.17) is 14.2 Å². The van der Waals surface area contributed by atoms with Crippen LogP contribution >= 0.6 is 11.3 Å². The summed E-state index contributed by atoms with van der Waals surface area (Å²) in [5, 5.41) is 6.24. The number of carbonyl (C=O) groups is 2. The van der Waals surface area contributed by atoms with Gasteiger partial charge in [-0.3, -0.25) is 0 Å². The largest absolute Gasteiger partial charge is 0.534 e. The molecule has 0 aliphatic carbocycles. The molecule has 1 aromatic heterocycles. The standard InChI is InChI=1S/C25H32F3NO8S2/c1-6-34-22(30)21(35-14-16(2)18-9-10-38-15-18)12-17-7-8-20(37-39(32,33)25(26,27)28)19(11-17)13-29-23(31)36-24(3,4)5/h7-11,15-16,21H,6,12-14H2,1-5H3,(H,29,31). The van der Waals surface area contributed by atoms with Gasteiger partial charge in [-0.05, 0) is 61.7 Å². The van der Waals surface area contributed by atoms with Crippen molar-refractivity contribution in [3.8, 4) is 5.75 Å². The van der Waals surface area contributed by atoms with Gasteiger partial charge < -0.3 is 23.7 Å². The second-order valence-corrected chi connectivity index (χ2v) is 11.8. The van der Waals surface area contributed by atoms with Gasteiger partial charge >= 0.3 is 27.7 Å². The van der Waals surface area contributed by atoms with E-state index in [2.05, 4.69) is 9.50 Å². The molecule has 9 nitrogen and oxygen atoms in total. The van der Waals surface area contributed by atoms with Gasteiger partial charge in [-0.2, -0.15) is 32.9 Å². The fourth-order valence-electron chi connectivity index (χ4n) is 3.20. The smallest absolute Gasteiger partial charge is 0.464 e. The molecular formula is C25H32F3NO8S2. The van der Waals surface area contributed by atoms with Gasteiger partial charge in [-0.25, -0.2) is 9.59 Å². The predicted octanol–water partition coefficient (Wildman–Crippen LogP) is 5.30. The number of amides is 1. The summed E-state index contributed by atoms with van der Waals surface area (Å²) in [6, 6.07) is 5.57. The Labute approximate surface area is 229 Å². The van der Waals surface area contributed by atoms with Gasteiger partial charge in [0.05, 0.1) is 13.2 Å². The average Bonchev–Trinajstić information content (AvgIpc) is 3.34. The van der Waals surface area contributed by atoms with Crippen LogP contribution in [-0.4, -0.2) is 50.9 Å². The molecule has 0 saturated carbocycles. The van der Waals surface area contributed by atoms with Crippen molar-refractivity contribution < 1.29 is 49.6 Å². The number of thiophene rings is 1. The molecule has 2 atom stereocenters. The highest BCUT2D eigenvalue weighted by molar-refractivity contribution is 7.88. The van der Waals surface area contributed by atoms with Gasteiger partial charge in [-0.1, -0.05) is 19.1 Å². The van der Waals surface area contributed by atoms with Crippen molar-refractivity contribution in [1.82, 2.24) is 5.32 Å². The van der Waals surface area contributed by atoms with Crippen LogP contribution in [0, 0.1) is 0 Å². The Morgan fingerprint density at radius 2 is 1.82 bits per heavy atom. The summed E-state index contributed by atoms with van der Waals surface area (Å²) in [5.74, 6) is -1.31. The summed E-state index contributed by atoms with van der Waals surface area (Å²) in [6.45, 7) is 8.29. The zero-order chi connectivity index (χ0) is 29.4. The lowest BCUT2D eigenvalue weighted by Crippen LogP contribution is -2.33. The molecule has 0 radical (unpaired) electrons. The van der Waals surface area contributed by atoms with E-state index in [1.807, 2.05) is 23.8 Å². The van der Waals surface area contributed by atoms with E-state index in [1.54, 1.807) is 27.7 Å². The van der Waals surface area contributed by atoms with E-state index < -0.39 is 51.7 Å². The highest BCUT2D eigenvalue weighted by Crippen LogP contribution is 2.30. The number of hydrogen-bond donors (Lipinski definition) is 1. The molecule has 2 aromatic rings. The number of rotatable bonds is 12. The molecular weight excluding hydrogens is 563 g/mol. The van der Waals surface area contributed by atoms with E-state index in [0.717, 1.165) is 11.6 Å². The summed E-state index contributed by atoms with van der Waals surface area (Å²) in [5.41, 5.74) is -5.18. The summed E-state index contributed by atoms with van der Waals surface area (Å²) in [4.78, 5) is 24.7. The lowest BCUT2D eigenvalue weighted by molar-refractivity contribution is -0.156. The molecule has 1 amide bonds. The fraction of sp³-hybridized carbons (Fsp3) is 0.520. The average molecular weight is 596 g/mol. The highest BCUT2D eigenvalue weighted by atomic mass is 32.2. The number of benzene rings is 1. The minimum Gasteiger partial charge on any atom is -0.464 e. The first-order valence-corrected chi connectivity index (χ1v) is 14.3. The molecule has 2 unspecified atom stereocenters. The molecule has 1 aromatic carbocycles. The van der Waals surface area contributed by atoms with Crippen molar-refractivity contribution in [2.45, 2.75) is 70.7 Å². The van der Waals surface area contributed by atoms with Gasteiger partial charge in [0, 0.05) is 24.4 Å². The minimum absolute atomic E-state index is 0.0230. The first-order valence-electron chi connectivity index (χ1n) is 11.9. The molecule has 0 aliphatic rings. The van der Waals surface area contributed by atoms with E-state index in [9.17, 15) is 31.2 Å². The number of esters is 1. The van der Waals surface area contributed by atoms with Crippen molar-refractivity contribution in [3.05, 3.63) is 51.7 Å². The van der Waals surface area contributed by atoms with Crippen LogP contribution < -0.4 is 9.50 Å². The molecule has 0 fully saturated rings. The Hall–Kier alpha value is -2.84. The topological polar surface area (TPSA) is 117 Å². The van der Waals surface area contributed by atoms with Crippen molar-refractivity contribution in [2.24, 2.45) is 0 Å². The Bertz CT molecular complexity index is 1210. The normalized spacial score (nSPS) is 13.8. The van der Waals surface area contributed by atoms with Gasteiger partial charge in [0.1, 0.15) is 11.4 Å². The van der Waals surface area contributed by atoms with Crippen LogP contribution in [0.4, 0.5) is 18.0 Å². The van der Waals surface area contributed by atoms with Gasteiger partial charge in [0.15, 0.2) is 6.10 Å². The number of alkyl carbamates (subject to hydrolysis) is 1. The molecule has 0 aliphatic heterocycles. The van der Waals surface area contributed by atoms with E-state index in [0.29, 0.717) is 5.56 Å². The SMILES string of the molecule is CCOC(=O)C(Cc1ccc(OS(=O)(=O)C(F)(F)F)c(CNC(=O)OC(C)(C)C)c1)OCC(C)c1ccsc1. The second-order valence-electron chi connectivity index (χ2n) is 9.52. The number of carbonyl (C=O) groups excluding carboxylic acids is 2. The van der Waals surface area contributed by atoms with Gasteiger partial charge in [0.2, 0.25) is 0 Å². The summed E-state index contributed by atoms with van der Waals surface area (Å²) < 4.78 is 82.5. The number of halogens is 3. The third kappa shape index (κ3) is 10.3. The van der Waals surface area contributed by atoms with Crippen LogP contribution in [0.5, 0.6) is 5.75 Å². The molecule has 14 heteroatoms. The summed E-state index contributed by atoms with van der Waals surface area (Å²) in [6.07, 6.45) is -1.97. The Kier molecular flexibility index (Phi) is 11.2. The van der Waals surface area contributed by atoms with Crippen LogP contribution in [0.15, 0.2) is 35.0 Å². The Morgan fingerprint density at radius 1 is 1.13 bits per heavy atom. The minimum atomic E-state index is -5.98. The van der Waals surface area contributed by atoms with E-state index in [1.165, 1.54) is 23.5 Å². The van der Waals surface area contributed by atoms with Crippen LogP contribution in [-0.2, 0) is 42.1 Å². The molecule has 0 bridgehead atoms.